The molecule has 0 bridgehead atoms. The Kier molecular flexibility index (Phi) is 5.28. The average Bonchev–Trinajstić information content (AvgIpc) is 3.23. The molecule has 2 aliphatic rings. The van der Waals surface area contributed by atoms with Crippen LogP contribution in [-0.4, -0.2) is 53.1 Å². The summed E-state index contributed by atoms with van der Waals surface area (Å²) in [5, 5.41) is 3.70. The van der Waals surface area contributed by atoms with Crippen molar-refractivity contribution >= 4 is 17.2 Å². The van der Waals surface area contributed by atoms with E-state index in [1.54, 1.807) is 0 Å². The number of carbonyl (C=O) groups excluding carboxylic acids is 1. The summed E-state index contributed by atoms with van der Waals surface area (Å²) in [5.74, 6) is 0.960. The Morgan fingerprint density at radius 1 is 1.23 bits per heavy atom. The van der Waals surface area contributed by atoms with Gasteiger partial charge in [-0.3, -0.25) is 4.79 Å². The number of imidazole rings is 1. The van der Waals surface area contributed by atoms with Crippen molar-refractivity contribution in [3.8, 4) is 5.75 Å². The van der Waals surface area contributed by atoms with Gasteiger partial charge >= 0.3 is 0 Å². The van der Waals surface area contributed by atoms with E-state index in [2.05, 4.69) is 25.2 Å². The van der Waals surface area contributed by atoms with Crippen LogP contribution >= 0.6 is 0 Å². The Labute approximate surface area is 182 Å². The molecule has 1 saturated heterocycles. The lowest BCUT2D eigenvalue weighted by Gasteiger charge is -2.30. The molecule has 1 N–H and O–H groups in total. The van der Waals surface area contributed by atoms with Crippen LogP contribution in [0.2, 0.25) is 0 Å². The van der Waals surface area contributed by atoms with Gasteiger partial charge in [0.1, 0.15) is 5.75 Å². The molecule has 7 nitrogen and oxygen atoms in total. The molecule has 0 saturated carbocycles. The van der Waals surface area contributed by atoms with Crippen molar-refractivity contribution in [3.05, 3.63) is 59.0 Å². The molecule has 4 heterocycles. The summed E-state index contributed by atoms with van der Waals surface area (Å²) in [7, 11) is 0. The lowest BCUT2D eigenvalue weighted by Crippen LogP contribution is -2.40. The summed E-state index contributed by atoms with van der Waals surface area (Å²) in [6.45, 7) is 7.27. The second kappa shape index (κ2) is 8.23. The molecule has 162 valence electrons. The van der Waals surface area contributed by atoms with E-state index in [9.17, 15) is 4.79 Å². The van der Waals surface area contributed by atoms with Crippen LogP contribution in [0.25, 0.3) is 5.65 Å². The third-order valence-electron chi connectivity index (χ3n) is 6.13. The summed E-state index contributed by atoms with van der Waals surface area (Å²) < 4.78 is 13.3. The number of hydrogen-bond donors (Lipinski definition) is 1. The first-order chi connectivity index (χ1) is 15.1. The van der Waals surface area contributed by atoms with E-state index in [0.717, 1.165) is 35.6 Å². The van der Waals surface area contributed by atoms with Gasteiger partial charge in [0.2, 0.25) is 0 Å². The maximum Gasteiger partial charge on any atom is 0.255 e. The minimum atomic E-state index is 0.0311. The fourth-order valence-electron chi connectivity index (χ4n) is 4.48. The minimum Gasteiger partial charge on any atom is -0.493 e. The highest BCUT2D eigenvalue weighted by Gasteiger charge is 2.26. The molecular formula is C24H28N4O3. The van der Waals surface area contributed by atoms with Crippen LogP contribution in [0.3, 0.4) is 0 Å². The molecule has 5 rings (SSSR count). The first-order valence-corrected chi connectivity index (χ1v) is 11.0. The van der Waals surface area contributed by atoms with Gasteiger partial charge in [-0.1, -0.05) is 19.1 Å². The van der Waals surface area contributed by atoms with E-state index in [-0.39, 0.29) is 11.9 Å². The maximum absolute atomic E-state index is 13.2. The summed E-state index contributed by atoms with van der Waals surface area (Å²) in [6.07, 6.45) is 5.60. The Morgan fingerprint density at radius 3 is 2.87 bits per heavy atom. The smallest absolute Gasteiger partial charge is 0.255 e. The second-order valence-electron chi connectivity index (χ2n) is 8.18. The molecule has 0 radical (unpaired) electrons. The third kappa shape index (κ3) is 3.74. The quantitative estimate of drug-likeness (QED) is 0.698. The minimum absolute atomic E-state index is 0.0311. The summed E-state index contributed by atoms with van der Waals surface area (Å²) in [4.78, 5) is 19.9. The van der Waals surface area contributed by atoms with Crippen LogP contribution in [0.15, 0.2) is 36.7 Å². The number of benzene rings is 1. The highest BCUT2D eigenvalue weighted by atomic mass is 16.5. The van der Waals surface area contributed by atoms with E-state index < -0.39 is 0 Å². The molecular weight excluding hydrogens is 392 g/mol. The molecule has 31 heavy (non-hydrogen) atoms. The largest absolute Gasteiger partial charge is 0.493 e. The van der Waals surface area contributed by atoms with E-state index in [1.807, 2.05) is 39.9 Å². The zero-order valence-electron chi connectivity index (χ0n) is 18.1. The lowest BCUT2D eigenvalue weighted by molar-refractivity contribution is 0.0302. The second-order valence-corrected chi connectivity index (χ2v) is 8.18. The number of amides is 1. The fraction of sp³-hybridized carbons (Fsp3) is 0.417. The number of morpholine rings is 1. The number of anilines is 1. The van der Waals surface area contributed by atoms with E-state index in [0.29, 0.717) is 38.5 Å². The Morgan fingerprint density at radius 2 is 2.06 bits per heavy atom. The molecule has 7 heteroatoms. The zero-order chi connectivity index (χ0) is 21.4. The van der Waals surface area contributed by atoms with Crippen molar-refractivity contribution in [2.45, 2.75) is 32.7 Å². The van der Waals surface area contributed by atoms with Crippen molar-refractivity contribution in [2.24, 2.45) is 0 Å². The van der Waals surface area contributed by atoms with Crippen LogP contribution < -0.4 is 10.1 Å². The Hall–Kier alpha value is -3.06. The number of carbonyl (C=O) groups is 1. The van der Waals surface area contributed by atoms with Crippen LogP contribution in [0.4, 0.5) is 5.69 Å². The zero-order valence-corrected chi connectivity index (χ0v) is 18.1. The molecule has 0 spiro atoms. The number of aryl methyl sites for hydroxylation is 2. The van der Waals surface area contributed by atoms with Crippen molar-refractivity contribution in [2.75, 3.05) is 38.2 Å². The average molecular weight is 421 g/mol. The van der Waals surface area contributed by atoms with Crippen molar-refractivity contribution in [1.82, 2.24) is 14.3 Å². The van der Waals surface area contributed by atoms with Crippen LogP contribution in [0.1, 0.15) is 46.6 Å². The monoisotopic (exact) mass is 420 g/mol. The molecule has 1 atom stereocenters. The number of hydrogen-bond acceptors (Lipinski definition) is 5. The predicted octanol–water partition coefficient (Wildman–Crippen LogP) is 3.61. The number of aromatic nitrogens is 2. The number of ether oxygens (including phenoxy) is 2. The fourth-order valence-corrected chi connectivity index (χ4v) is 4.48. The van der Waals surface area contributed by atoms with Gasteiger partial charge in [-0.05, 0) is 31.0 Å². The van der Waals surface area contributed by atoms with Gasteiger partial charge in [0, 0.05) is 37.5 Å². The number of nitrogens with one attached hydrogen (secondary N) is 1. The van der Waals surface area contributed by atoms with E-state index in [1.165, 1.54) is 11.1 Å². The molecule has 0 aliphatic carbocycles. The van der Waals surface area contributed by atoms with Gasteiger partial charge in [-0.25, -0.2) is 4.98 Å². The van der Waals surface area contributed by atoms with Crippen LogP contribution in [0.5, 0.6) is 5.75 Å². The first-order valence-electron chi connectivity index (χ1n) is 11.0. The molecule has 1 aromatic carbocycles. The number of nitrogens with zero attached hydrogens (tertiary/aromatic N) is 3. The van der Waals surface area contributed by atoms with E-state index in [4.69, 9.17) is 14.5 Å². The highest BCUT2D eigenvalue weighted by molar-refractivity contribution is 5.96. The number of rotatable bonds is 4. The molecule has 2 aromatic heterocycles. The van der Waals surface area contributed by atoms with Gasteiger partial charge in [-0.15, -0.1) is 0 Å². The normalized spacial score (nSPS) is 18.5. The summed E-state index contributed by atoms with van der Waals surface area (Å²) in [5.41, 5.74) is 5.76. The van der Waals surface area contributed by atoms with Crippen molar-refractivity contribution < 1.29 is 14.3 Å². The molecule has 1 amide bonds. The standard InChI is InChI=1S/C24H28N4O3/c1-3-18-15-28-14-17(24(29)27-8-11-30-12-9-27)13-20(23(28)25-18)26-19-7-10-31-21-6-4-5-16(2)22(19)21/h4-6,13-15,19,26H,3,7-12H2,1-2H3. The van der Waals surface area contributed by atoms with Crippen LogP contribution in [0, 0.1) is 6.92 Å². The number of pyridine rings is 1. The highest BCUT2D eigenvalue weighted by Crippen LogP contribution is 2.37. The maximum atomic E-state index is 13.2. The SMILES string of the molecule is CCc1cn2cc(C(=O)N3CCOCC3)cc(NC3CCOc4cccc(C)c43)c2n1. The summed E-state index contributed by atoms with van der Waals surface area (Å²) in [6, 6.07) is 8.21. The van der Waals surface area contributed by atoms with Crippen LogP contribution in [-0.2, 0) is 11.2 Å². The lowest BCUT2D eigenvalue weighted by atomic mass is 9.95. The number of fused-ring (bicyclic) bond motifs is 2. The molecule has 3 aromatic rings. The topological polar surface area (TPSA) is 68.1 Å². The Balaban J connectivity index is 1.55. The van der Waals surface area contributed by atoms with Gasteiger partial charge in [0.25, 0.3) is 5.91 Å². The molecule has 1 fully saturated rings. The molecule has 1 unspecified atom stereocenters. The molecule has 2 aliphatic heterocycles. The van der Waals surface area contributed by atoms with Crippen molar-refractivity contribution in [3.63, 3.8) is 0 Å². The predicted molar refractivity (Wildman–Crippen MR) is 119 cm³/mol. The van der Waals surface area contributed by atoms with Gasteiger partial charge in [-0.2, -0.15) is 0 Å². The third-order valence-corrected chi connectivity index (χ3v) is 6.13. The van der Waals surface area contributed by atoms with Gasteiger partial charge < -0.3 is 24.1 Å². The van der Waals surface area contributed by atoms with Gasteiger partial charge in [0.05, 0.1) is 42.8 Å². The van der Waals surface area contributed by atoms with Crippen molar-refractivity contribution in [1.29, 1.82) is 0 Å². The Bertz CT molecular complexity index is 1120. The van der Waals surface area contributed by atoms with E-state index >= 15 is 0 Å². The first kappa shape index (κ1) is 19.9. The van der Waals surface area contributed by atoms with Gasteiger partial charge in [0.15, 0.2) is 5.65 Å². The summed E-state index contributed by atoms with van der Waals surface area (Å²) >= 11 is 0.